The maximum absolute atomic E-state index is 12.9. The normalized spacial score (nSPS) is 17.8. The van der Waals surface area contributed by atoms with E-state index in [4.69, 9.17) is 26.1 Å². The highest BCUT2D eigenvalue weighted by Crippen LogP contribution is 2.35. The number of fused-ring (bicyclic) bond motifs is 2. The van der Waals surface area contributed by atoms with Gasteiger partial charge in [-0.3, -0.25) is 34.7 Å². The van der Waals surface area contributed by atoms with Crippen molar-refractivity contribution in [2.45, 2.75) is 96.9 Å². The molecule has 2 aliphatic carbocycles. The number of hydrogen-bond donors (Lipinski definition) is 4. The second kappa shape index (κ2) is 16.3. The minimum atomic E-state index is -0.651. The lowest BCUT2D eigenvalue weighted by Crippen LogP contribution is -2.39. The molecule has 2 aliphatic heterocycles. The zero-order valence-corrected chi connectivity index (χ0v) is 34.9. The Bertz CT molecular complexity index is 2670. The van der Waals surface area contributed by atoms with Gasteiger partial charge in [0.15, 0.2) is 11.3 Å². The standard InChI is InChI=1S/C23H24N6O3.C19H20ClN5O4/c1-13(2)32-18-5-3-4-17(10-18)25-19-11-20(26-16-6-7-16)29-22(27-19)15(12-24-29)8-14-9-21(30)28-23(14)31;1-19(2,3)29-18(28)24(12-4-5-12)15-8-13(20)22-16-11(9-21-25(15)16)6-10-7-14(26)23-17(10)27/h3-5,8,10-13,16,26H,6-7,9H2,1-2H3,(H,25,27)(H,28,30,31);6,8-9,12H,4-5,7H2,1-3H3,(H,23,26,27)/b14-8+;10-6+. The van der Waals surface area contributed by atoms with Crippen LogP contribution < -0.4 is 30.9 Å². The Hall–Kier alpha value is -6.82. The van der Waals surface area contributed by atoms with Gasteiger partial charge in [0.25, 0.3) is 11.8 Å². The summed E-state index contributed by atoms with van der Waals surface area (Å²) < 4.78 is 14.6. The molecule has 4 N–H and O–H groups in total. The first-order valence-corrected chi connectivity index (χ1v) is 20.3. The molecule has 4 fully saturated rings. The summed E-state index contributed by atoms with van der Waals surface area (Å²) in [5, 5.41) is 20.4. The first kappa shape index (κ1) is 40.9. The Morgan fingerprint density at radius 3 is 2.07 bits per heavy atom. The quantitative estimate of drug-likeness (QED) is 0.0724. The molecule has 9 rings (SSSR count). The van der Waals surface area contributed by atoms with Crippen LogP contribution in [-0.2, 0) is 23.9 Å². The SMILES string of the molecule is CC(C)(C)OC(=O)N(c1cc(Cl)nc2c(/C=C3\CC(=O)NC3=O)cnn12)C1CC1.CC(C)Oc1cccc(Nc2cc(NC3CC3)n3ncc(/C=C4\CC(=O)NC4=O)c3n2)c1. The molecule has 2 saturated heterocycles. The molecule has 0 radical (unpaired) electrons. The predicted molar refractivity (Wildman–Crippen MR) is 226 cm³/mol. The van der Waals surface area contributed by atoms with Crippen LogP contribution in [0.3, 0.4) is 0 Å². The Labute approximate surface area is 354 Å². The average Bonchev–Trinajstić information content (AvgIpc) is 4.04. The van der Waals surface area contributed by atoms with Crippen LogP contribution in [0.15, 0.2) is 59.9 Å². The maximum Gasteiger partial charge on any atom is 0.416 e. The third-order valence-corrected chi connectivity index (χ3v) is 9.75. The molecule has 0 atom stereocenters. The fourth-order valence-corrected chi connectivity index (χ4v) is 6.83. The lowest BCUT2D eigenvalue weighted by Gasteiger charge is -2.27. The molecule has 0 spiro atoms. The monoisotopic (exact) mass is 849 g/mol. The molecular formula is C42H44ClN11O7. The van der Waals surface area contributed by atoms with Crippen LogP contribution in [0, 0.1) is 0 Å². The summed E-state index contributed by atoms with van der Waals surface area (Å²) in [7, 11) is 0. The summed E-state index contributed by atoms with van der Waals surface area (Å²) in [5.41, 5.74) is 3.08. The number of benzene rings is 1. The van der Waals surface area contributed by atoms with E-state index in [2.05, 4.69) is 36.4 Å². The number of carbonyl (C=O) groups is 5. The largest absolute Gasteiger partial charge is 0.491 e. The molecule has 4 aromatic heterocycles. The number of nitrogens with zero attached hydrogens (tertiary/aromatic N) is 7. The number of ether oxygens (including phenoxy) is 2. The predicted octanol–water partition coefficient (Wildman–Crippen LogP) is 5.98. The summed E-state index contributed by atoms with van der Waals surface area (Å²) in [6, 6.07) is 11.6. The van der Waals surface area contributed by atoms with E-state index in [0.717, 1.165) is 42.9 Å². The summed E-state index contributed by atoms with van der Waals surface area (Å²) in [5.74, 6) is 1.19. The van der Waals surface area contributed by atoms with E-state index >= 15 is 0 Å². The third-order valence-electron chi connectivity index (χ3n) is 9.56. The smallest absolute Gasteiger partial charge is 0.416 e. The minimum Gasteiger partial charge on any atom is -0.491 e. The van der Waals surface area contributed by atoms with Gasteiger partial charge in [0.05, 0.1) is 31.3 Å². The molecule has 2 saturated carbocycles. The Morgan fingerprint density at radius 1 is 0.885 bits per heavy atom. The number of anilines is 4. The molecule has 5 amide bonds. The fourth-order valence-electron chi connectivity index (χ4n) is 6.65. The fraction of sp³-hybridized carbons (Fsp3) is 0.357. The zero-order valence-electron chi connectivity index (χ0n) is 34.1. The summed E-state index contributed by atoms with van der Waals surface area (Å²) in [4.78, 5) is 70.3. The van der Waals surface area contributed by atoms with E-state index in [1.807, 2.05) is 44.2 Å². The van der Waals surface area contributed by atoms with Gasteiger partial charge >= 0.3 is 6.09 Å². The van der Waals surface area contributed by atoms with Gasteiger partial charge < -0.3 is 20.1 Å². The van der Waals surface area contributed by atoms with Crippen molar-refractivity contribution in [2.24, 2.45) is 0 Å². The van der Waals surface area contributed by atoms with Crippen LogP contribution in [-0.4, -0.2) is 82.7 Å². The third kappa shape index (κ3) is 9.64. The van der Waals surface area contributed by atoms with E-state index in [1.165, 1.54) is 10.7 Å². The minimum absolute atomic E-state index is 0.00393. The summed E-state index contributed by atoms with van der Waals surface area (Å²) in [6.45, 7) is 9.38. The number of amides is 5. The van der Waals surface area contributed by atoms with Gasteiger partial charge in [-0.15, -0.1) is 0 Å². The maximum atomic E-state index is 12.9. The molecule has 18 nitrogen and oxygen atoms in total. The molecule has 4 aliphatic rings. The van der Waals surface area contributed by atoms with Gasteiger partial charge in [0.1, 0.15) is 34.0 Å². The van der Waals surface area contributed by atoms with Gasteiger partial charge in [-0.25, -0.2) is 14.8 Å². The molecule has 1 aromatic carbocycles. The first-order chi connectivity index (χ1) is 29.1. The molecule has 61 heavy (non-hydrogen) atoms. The molecule has 6 heterocycles. The van der Waals surface area contributed by atoms with Crippen LogP contribution in [0.2, 0.25) is 5.15 Å². The highest BCUT2D eigenvalue weighted by molar-refractivity contribution is 6.30. The van der Waals surface area contributed by atoms with E-state index in [-0.39, 0.29) is 47.9 Å². The Balaban J connectivity index is 0.000000169. The number of imide groups is 2. The molecular weight excluding hydrogens is 806 g/mol. The van der Waals surface area contributed by atoms with Crippen molar-refractivity contribution in [1.82, 2.24) is 39.8 Å². The molecule has 316 valence electrons. The topological polar surface area (TPSA) is 216 Å². The molecule has 19 heteroatoms. The van der Waals surface area contributed by atoms with Crippen molar-refractivity contribution in [1.29, 1.82) is 0 Å². The van der Waals surface area contributed by atoms with Crippen LogP contribution in [0.4, 0.5) is 27.9 Å². The van der Waals surface area contributed by atoms with E-state index in [1.54, 1.807) is 54.6 Å². The zero-order chi connectivity index (χ0) is 43.2. The molecule has 5 aromatic rings. The van der Waals surface area contributed by atoms with Crippen molar-refractivity contribution in [2.75, 3.05) is 15.5 Å². The van der Waals surface area contributed by atoms with Crippen molar-refractivity contribution < 1.29 is 33.4 Å². The van der Waals surface area contributed by atoms with Gasteiger partial charge in [-0.05, 0) is 84.6 Å². The molecule has 0 bridgehead atoms. The van der Waals surface area contributed by atoms with Crippen molar-refractivity contribution in [3.8, 4) is 5.75 Å². The van der Waals surface area contributed by atoms with Gasteiger partial charge in [-0.2, -0.15) is 19.2 Å². The van der Waals surface area contributed by atoms with Crippen LogP contribution in [0.1, 0.15) is 84.3 Å². The van der Waals surface area contributed by atoms with Crippen LogP contribution in [0.25, 0.3) is 23.4 Å². The van der Waals surface area contributed by atoms with Gasteiger partial charge in [0, 0.05) is 58.2 Å². The van der Waals surface area contributed by atoms with E-state index in [0.29, 0.717) is 51.2 Å². The highest BCUT2D eigenvalue weighted by atomic mass is 35.5. The number of carbonyl (C=O) groups excluding carboxylic acids is 5. The lowest BCUT2D eigenvalue weighted by atomic mass is 10.1. The second-order valence-electron chi connectivity index (χ2n) is 16.4. The summed E-state index contributed by atoms with van der Waals surface area (Å²) >= 11 is 6.24. The second-order valence-corrected chi connectivity index (χ2v) is 16.8. The summed E-state index contributed by atoms with van der Waals surface area (Å²) in [6.07, 6.45) is 9.99. The van der Waals surface area contributed by atoms with E-state index in [9.17, 15) is 24.0 Å². The molecule has 0 unspecified atom stereocenters. The highest BCUT2D eigenvalue weighted by Gasteiger charge is 2.38. The Morgan fingerprint density at radius 2 is 1.51 bits per heavy atom. The number of hydrogen-bond acceptors (Lipinski definition) is 13. The van der Waals surface area contributed by atoms with Gasteiger partial charge in [-0.1, -0.05) is 17.7 Å². The van der Waals surface area contributed by atoms with Crippen LogP contribution >= 0.6 is 11.6 Å². The van der Waals surface area contributed by atoms with E-state index < -0.39 is 17.6 Å². The number of halogens is 1. The Kier molecular flexibility index (Phi) is 11.0. The van der Waals surface area contributed by atoms with Crippen molar-refractivity contribution in [3.05, 3.63) is 76.2 Å². The number of nitrogens with one attached hydrogen (secondary N) is 4. The lowest BCUT2D eigenvalue weighted by molar-refractivity contribution is -0.125. The van der Waals surface area contributed by atoms with Crippen molar-refractivity contribution >= 4 is 87.9 Å². The van der Waals surface area contributed by atoms with Crippen LogP contribution in [0.5, 0.6) is 5.75 Å². The first-order valence-electron chi connectivity index (χ1n) is 19.9. The number of aromatic nitrogens is 6. The van der Waals surface area contributed by atoms with Gasteiger partial charge in [0.2, 0.25) is 11.8 Å². The van der Waals surface area contributed by atoms with Crippen molar-refractivity contribution in [3.63, 3.8) is 0 Å². The number of rotatable bonds is 10. The average molecular weight is 850 g/mol.